The molecule has 0 spiro atoms. The lowest BCUT2D eigenvalue weighted by Crippen LogP contribution is -2.52. The number of aliphatic hydroxyl groups is 1. The molecule has 0 unspecified atom stereocenters. The van der Waals surface area contributed by atoms with E-state index in [2.05, 4.69) is 21.9 Å². The number of likely N-dealkylation sites (tertiary alicyclic amines) is 1. The summed E-state index contributed by atoms with van der Waals surface area (Å²) >= 11 is 0. The molecule has 0 aromatic heterocycles. The number of nitrogens with one attached hydrogen (secondary N) is 1. The molecule has 2 N–H and O–H groups in total. The predicted molar refractivity (Wildman–Crippen MR) is 82.7 cm³/mol. The summed E-state index contributed by atoms with van der Waals surface area (Å²) in [5.41, 5.74) is -0.488. The molecule has 0 aromatic carbocycles. The lowest BCUT2D eigenvalue weighted by molar-refractivity contribution is -0.0288. The van der Waals surface area contributed by atoms with Crippen LogP contribution in [0.2, 0.25) is 0 Å². The maximum Gasteiger partial charge on any atom is 0.0798 e. The van der Waals surface area contributed by atoms with Crippen molar-refractivity contribution in [2.45, 2.75) is 44.2 Å². The van der Waals surface area contributed by atoms with Gasteiger partial charge < -0.3 is 15.3 Å². The van der Waals surface area contributed by atoms with E-state index < -0.39 is 5.60 Å². The van der Waals surface area contributed by atoms with Crippen molar-refractivity contribution in [3.8, 4) is 0 Å². The zero-order valence-electron chi connectivity index (χ0n) is 12.6. The van der Waals surface area contributed by atoms with Crippen LogP contribution in [0.3, 0.4) is 0 Å². The average molecular weight is 280 g/mol. The van der Waals surface area contributed by atoms with Gasteiger partial charge in [-0.25, -0.2) is 0 Å². The largest absolute Gasteiger partial charge is 0.388 e. The highest BCUT2D eigenvalue weighted by Gasteiger charge is 2.33. The van der Waals surface area contributed by atoms with E-state index in [1.807, 2.05) is 18.1 Å². The van der Waals surface area contributed by atoms with Crippen molar-refractivity contribution in [2.24, 2.45) is 5.10 Å². The quantitative estimate of drug-likeness (QED) is 0.583. The zero-order chi connectivity index (χ0) is 14.4. The highest BCUT2D eigenvalue weighted by atomic mass is 16.3. The molecule has 2 fully saturated rings. The Morgan fingerprint density at radius 2 is 2.05 bits per heavy atom. The molecule has 2 rings (SSSR count). The Morgan fingerprint density at radius 3 is 2.60 bits per heavy atom. The lowest BCUT2D eigenvalue weighted by atomic mass is 9.91. The average Bonchev–Trinajstić information content (AvgIpc) is 2.46. The van der Waals surface area contributed by atoms with Crippen molar-refractivity contribution in [1.82, 2.24) is 15.2 Å². The van der Waals surface area contributed by atoms with Gasteiger partial charge in [-0.3, -0.25) is 5.01 Å². The van der Waals surface area contributed by atoms with Gasteiger partial charge in [0.25, 0.3) is 0 Å². The third-order valence-corrected chi connectivity index (χ3v) is 4.42. The Hall–Kier alpha value is -0.910. The van der Waals surface area contributed by atoms with E-state index in [1.54, 1.807) is 6.20 Å². The standard InChI is InChI=1S/C15H28N4O/c1-3-17-19(4-2)14-5-11-18(12-6-14)13-15(20)7-9-16-10-8-15/h3-4,14,16,20H,2,5-13H2,1H3/b17-3-. The van der Waals surface area contributed by atoms with Crippen LogP contribution in [0.5, 0.6) is 0 Å². The molecule has 5 heteroatoms. The number of hydrogen-bond donors (Lipinski definition) is 2. The van der Waals surface area contributed by atoms with E-state index in [9.17, 15) is 5.11 Å². The fraction of sp³-hybridized carbons (Fsp3) is 0.800. The fourth-order valence-corrected chi connectivity index (χ4v) is 3.23. The normalized spacial score (nSPS) is 24.9. The summed E-state index contributed by atoms with van der Waals surface area (Å²) < 4.78 is 0. The molecule has 0 amide bonds. The molecule has 5 nitrogen and oxygen atoms in total. The Labute approximate surface area is 122 Å². The van der Waals surface area contributed by atoms with Crippen molar-refractivity contribution >= 4 is 6.21 Å². The van der Waals surface area contributed by atoms with E-state index in [4.69, 9.17) is 0 Å². The van der Waals surface area contributed by atoms with Crippen molar-refractivity contribution in [2.75, 3.05) is 32.7 Å². The molecule has 0 saturated carbocycles. The molecule has 114 valence electrons. The van der Waals surface area contributed by atoms with Crippen LogP contribution in [0.1, 0.15) is 32.6 Å². The smallest absolute Gasteiger partial charge is 0.0798 e. The van der Waals surface area contributed by atoms with Gasteiger partial charge in [0.2, 0.25) is 0 Å². The second-order valence-corrected chi connectivity index (χ2v) is 5.92. The van der Waals surface area contributed by atoms with Gasteiger partial charge in [-0.2, -0.15) is 5.10 Å². The molecule has 20 heavy (non-hydrogen) atoms. The summed E-state index contributed by atoms with van der Waals surface area (Å²) in [6.45, 7) is 10.5. The number of hydrogen-bond acceptors (Lipinski definition) is 5. The van der Waals surface area contributed by atoms with E-state index >= 15 is 0 Å². The molecule has 2 heterocycles. The molecule has 0 aliphatic carbocycles. The van der Waals surface area contributed by atoms with Gasteiger partial charge in [-0.1, -0.05) is 6.58 Å². The van der Waals surface area contributed by atoms with Crippen molar-refractivity contribution in [1.29, 1.82) is 0 Å². The molecule has 0 aromatic rings. The summed E-state index contributed by atoms with van der Waals surface area (Å²) in [5.74, 6) is 0. The number of piperidine rings is 2. The highest BCUT2D eigenvalue weighted by molar-refractivity contribution is 5.52. The summed E-state index contributed by atoms with van der Waals surface area (Å²) in [4.78, 5) is 2.40. The summed E-state index contributed by atoms with van der Waals surface area (Å²) in [5, 5.41) is 20.2. The minimum absolute atomic E-state index is 0.447. The van der Waals surface area contributed by atoms with Crippen LogP contribution in [0.4, 0.5) is 0 Å². The van der Waals surface area contributed by atoms with Gasteiger partial charge in [-0.05, 0) is 45.7 Å². The van der Waals surface area contributed by atoms with Crippen LogP contribution in [0, 0.1) is 0 Å². The Balaban J connectivity index is 1.80. The Morgan fingerprint density at radius 1 is 1.40 bits per heavy atom. The van der Waals surface area contributed by atoms with Crippen LogP contribution in [0.25, 0.3) is 0 Å². The SMILES string of the molecule is C=CN(/N=C\C)C1CCN(CC2(O)CCNCC2)CC1. The summed E-state index contributed by atoms with van der Waals surface area (Å²) in [7, 11) is 0. The van der Waals surface area contributed by atoms with Crippen LogP contribution >= 0.6 is 0 Å². The molecular weight excluding hydrogens is 252 g/mol. The Bertz CT molecular complexity index is 331. The first-order valence-corrected chi connectivity index (χ1v) is 7.72. The maximum atomic E-state index is 10.6. The zero-order valence-corrected chi connectivity index (χ0v) is 12.6. The van der Waals surface area contributed by atoms with Crippen LogP contribution < -0.4 is 5.32 Å². The van der Waals surface area contributed by atoms with E-state index in [0.29, 0.717) is 6.04 Å². The van der Waals surface area contributed by atoms with E-state index in [1.165, 1.54) is 0 Å². The highest BCUT2D eigenvalue weighted by Crippen LogP contribution is 2.23. The second-order valence-electron chi connectivity index (χ2n) is 5.92. The maximum absolute atomic E-state index is 10.6. The first-order valence-electron chi connectivity index (χ1n) is 7.72. The van der Waals surface area contributed by atoms with Crippen molar-refractivity contribution in [3.63, 3.8) is 0 Å². The predicted octanol–water partition coefficient (Wildman–Crippen LogP) is 1.02. The topological polar surface area (TPSA) is 51.1 Å². The van der Waals surface area contributed by atoms with Crippen LogP contribution in [0.15, 0.2) is 17.9 Å². The number of rotatable bonds is 5. The third kappa shape index (κ3) is 4.04. The van der Waals surface area contributed by atoms with Gasteiger partial charge in [0, 0.05) is 32.0 Å². The summed E-state index contributed by atoms with van der Waals surface area (Å²) in [6, 6.07) is 0.447. The minimum atomic E-state index is -0.488. The minimum Gasteiger partial charge on any atom is -0.388 e. The van der Waals surface area contributed by atoms with E-state index in [0.717, 1.165) is 58.4 Å². The van der Waals surface area contributed by atoms with Crippen molar-refractivity contribution < 1.29 is 5.11 Å². The number of hydrazone groups is 1. The first-order chi connectivity index (χ1) is 9.67. The molecule has 0 radical (unpaired) electrons. The third-order valence-electron chi connectivity index (χ3n) is 4.42. The van der Waals surface area contributed by atoms with Gasteiger partial charge in [-0.15, -0.1) is 0 Å². The van der Waals surface area contributed by atoms with Gasteiger partial charge in [0.05, 0.1) is 11.6 Å². The fourth-order valence-electron chi connectivity index (χ4n) is 3.23. The number of nitrogens with zero attached hydrogens (tertiary/aromatic N) is 3. The van der Waals surface area contributed by atoms with Crippen LogP contribution in [-0.2, 0) is 0 Å². The Kier molecular flexibility index (Phi) is 5.57. The van der Waals surface area contributed by atoms with Crippen LogP contribution in [-0.4, -0.2) is 65.6 Å². The first kappa shape index (κ1) is 15.5. The molecule has 2 aliphatic heterocycles. The molecule has 2 aliphatic rings. The lowest BCUT2D eigenvalue weighted by Gasteiger charge is -2.41. The molecule has 0 bridgehead atoms. The number of β-amino-alcohol motifs (C(OH)–C–C–N with tert-alkyl or cyclic N) is 1. The molecular formula is C15H28N4O. The van der Waals surface area contributed by atoms with Gasteiger partial charge in [0.15, 0.2) is 0 Å². The van der Waals surface area contributed by atoms with Crippen molar-refractivity contribution in [3.05, 3.63) is 12.8 Å². The second kappa shape index (κ2) is 7.20. The van der Waals surface area contributed by atoms with Gasteiger partial charge in [0.1, 0.15) is 0 Å². The molecule has 0 atom stereocenters. The summed E-state index contributed by atoms with van der Waals surface area (Å²) in [6.07, 6.45) is 7.51. The van der Waals surface area contributed by atoms with Gasteiger partial charge >= 0.3 is 0 Å². The monoisotopic (exact) mass is 280 g/mol. The van der Waals surface area contributed by atoms with E-state index in [-0.39, 0.29) is 0 Å². The molecule has 2 saturated heterocycles.